The third kappa shape index (κ3) is 3.75. The molecule has 1 heterocycles. The van der Waals surface area contributed by atoms with Crippen LogP contribution in [0.5, 0.6) is 0 Å². The molecule has 1 N–H and O–H groups in total. The highest BCUT2D eigenvalue weighted by Gasteiger charge is 2.10. The monoisotopic (exact) mass is 251 g/mol. The summed E-state index contributed by atoms with van der Waals surface area (Å²) in [5, 5.41) is 8.89. The quantitative estimate of drug-likeness (QED) is 0.817. The van der Waals surface area contributed by atoms with E-state index in [1.807, 2.05) is 12.1 Å². The molecule has 2 rings (SSSR count). The van der Waals surface area contributed by atoms with Gasteiger partial charge in [0.15, 0.2) is 0 Å². The summed E-state index contributed by atoms with van der Waals surface area (Å²) < 4.78 is 0. The van der Waals surface area contributed by atoms with Crippen LogP contribution in [0.25, 0.3) is 0 Å². The molecular weight excluding hydrogens is 234 g/mol. The van der Waals surface area contributed by atoms with Crippen LogP contribution in [-0.4, -0.2) is 41.4 Å². The molecule has 4 heteroatoms. The molecule has 1 saturated heterocycles. The van der Waals surface area contributed by atoms with Crippen molar-refractivity contribution in [1.29, 1.82) is 0 Å². The molecule has 0 unspecified atom stereocenters. The van der Waals surface area contributed by atoms with E-state index in [0.29, 0.717) is 5.56 Å². The van der Waals surface area contributed by atoms with Crippen molar-refractivity contribution in [2.24, 2.45) is 0 Å². The Labute approximate surface area is 106 Å². The maximum absolute atomic E-state index is 10.8. The van der Waals surface area contributed by atoms with Gasteiger partial charge in [-0.15, -0.1) is 11.8 Å². The molecule has 0 radical (unpaired) electrons. The molecule has 1 aromatic rings. The largest absolute Gasteiger partial charge is 0.478 e. The molecule has 1 fully saturated rings. The smallest absolute Gasteiger partial charge is 0.335 e. The fraction of sp³-hybridized carbons (Fsp3) is 0.462. The molecule has 0 aromatic heterocycles. The van der Waals surface area contributed by atoms with E-state index in [2.05, 4.69) is 4.90 Å². The molecule has 0 saturated carbocycles. The van der Waals surface area contributed by atoms with Crippen molar-refractivity contribution in [2.75, 3.05) is 25.4 Å². The third-order valence-corrected chi connectivity index (χ3v) is 3.93. The minimum absolute atomic E-state index is 0.371. The van der Waals surface area contributed by atoms with E-state index in [9.17, 15) is 4.79 Å². The number of carboxylic acids is 1. The number of nitrogens with zero attached hydrogens (tertiary/aromatic N) is 1. The number of likely N-dealkylation sites (tertiary alicyclic amines) is 1. The average Bonchev–Trinajstić information content (AvgIpc) is 2.82. The molecule has 1 aromatic carbocycles. The van der Waals surface area contributed by atoms with Crippen molar-refractivity contribution in [2.45, 2.75) is 17.7 Å². The van der Waals surface area contributed by atoms with Crippen molar-refractivity contribution < 1.29 is 9.90 Å². The number of carbonyl (C=O) groups is 1. The van der Waals surface area contributed by atoms with E-state index in [1.54, 1.807) is 23.9 Å². The average molecular weight is 251 g/mol. The Morgan fingerprint density at radius 3 is 2.82 bits per heavy atom. The number of hydrogen-bond donors (Lipinski definition) is 1. The predicted octanol–water partition coefficient (Wildman–Crippen LogP) is 2.57. The second kappa shape index (κ2) is 6.07. The normalized spacial score (nSPS) is 16.2. The highest BCUT2D eigenvalue weighted by Crippen LogP contribution is 2.20. The van der Waals surface area contributed by atoms with Crippen LogP contribution in [-0.2, 0) is 0 Å². The van der Waals surface area contributed by atoms with Crippen LogP contribution < -0.4 is 0 Å². The lowest BCUT2D eigenvalue weighted by Crippen LogP contribution is -2.21. The minimum atomic E-state index is -0.855. The molecule has 0 aliphatic carbocycles. The Morgan fingerprint density at radius 1 is 1.35 bits per heavy atom. The summed E-state index contributed by atoms with van der Waals surface area (Å²) in [6.07, 6.45) is 2.64. The number of hydrogen-bond acceptors (Lipinski definition) is 3. The van der Waals surface area contributed by atoms with Crippen LogP contribution in [0.2, 0.25) is 0 Å². The van der Waals surface area contributed by atoms with Gasteiger partial charge >= 0.3 is 5.97 Å². The molecular formula is C13H17NO2S. The van der Waals surface area contributed by atoms with Crippen LogP contribution in [0.4, 0.5) is 0 Å². The number of thioether (sulfide) groups is 1. The summed E-state index contributed by atoms with van der Waals surface area (Å²) >= 11 is 1.73. The van der Waals surface area contributed by atoms with Gasteiger partial charge in [-0.2, -0.15) is 0 Å². The molecule has 0 bridgehead atoms. The molecule has 0 amide bonds. The summed E-state index contributed by atoms with van der Waals surface area (Å²) in [7, 11) is 0. The molecule has 0 spiro atoms. The van der Waals surface area contributed by atoms with E-state index < -0.39 is 5.97 Å². The Kier molecular flexibility index (Phi) is 4.45. The molecule has 1 aliphatic rings. The van der Waals surface area contributed by atoms with Crippen LogP contribution in [0.1, 0.15) is 23.2 Å². The Hall–Kier alpha value is -1.00. The first-order valence-corrected chi connectivity index (χ1v) is 6.93. The highest BCUT2D eigenvalue weighted by molar-refractivity contribution is 7.99. The van der Waals surface area contributed by atoms with Gasteiger partial charge in [-0.25, -0.2) is 4.79 Å². The summed E-state index contributed by atoms with van der Waals surface area (Å²) in [6, 6.07) is 7.16. The topological polar surface area (TPSA) is 40.5 Å². The van der Waals surface area contributed by atoms with Crippen LogP contribution >= 0.6 is 11.8 Å². The molecule has 3 nitrogen and oxygen atoms in total. The second-order valence-electron chi connectivity index (χ2n) is 4.23. The zero-order valence-electron chi connectivity index (χ0n) is 9.76. The lowest BCUT2D eigenvalue weighted by molar-refractivity contribution is 0.0696. The van der Waals surface area contributed by atoms with Gasteiger partial charge in [0.05, 0.1) is 5.56 Å². The Bertz CT molecular complexity index is 389. The zero-order chi connectivity index (χ0) is 12.1. The number of carboxylic acid groups (broad SMARTS) is 1. The van der Waals surface area contributed by atoms with Crippen molar-refractivity contribution >= 4 is 17.7 Å². The third-order valence-electron chi connectivity index (χ3n) is 2.96. The van der Waals surface area contributed by atoms with E-state index >= 15 is 0 Å². The minimum Gasteiger partial charge on any atom is -0.478 e. The first-order valence-electron chi connectivity index (χ1n) is 5.94. The maximum Gasteiger partial charge on any atom is 0.335 e. The number of rotatable bonds is 5. The summed E-state index contributed by atoms with van der Waals surface area (Å²) in [5.41, 5.74) is 0.371. The van der Waals surface area contributed by atoms with Crippen molar-refractivity contribution in [3.63, 3.8) is 0 Å². The molecule has 17 heavy (non-hydrogen) atoms. The summed E-state index contributed by atoms with van der Waals surface area (Å²) in [6.45, 7) is 3.54. The lowest BCUT2D eigenvalue weighted by Gasteiger charge is -2.13. The fourth-order valence-electron chi connectivity index (χ4n) is 2.02. The predicted molar refractivity (Wildman–Crippen MR) is 69.8 cm³/mol. The summed E-state index contributed by atoms with van der Waals surface area (Å²) in [4.78, 5) is 14.3. The van der Waals surface area contributed by atoms with Crippen molar-refractivity contribution in [1.82, 2.24) is 4.90 Å². The molecule has 92 valence electrons. The molecule has 0 atom stereocenters. The van der Waals surface area contributed by atoms with Crippen LogP contribution in [0, 0.1) is 0 Å². The van der Waals surface area contributed by atoms with Gasteiger partial charge in [-0.3, -0.25) is 0 Å². The maximum atomic E-state index is 10.8. The van der Waals surface area contributed by atoms with E-state index in [0.717, 1.165) is 17.2 Å². The SMILES string of the molecule is O=C(O)c1cccc(SCCN2CCCC2)c1. The second-order valence-corrected chi connectivity index (χ2v) is 5.40. The zero-order valence-corrected chi connectivity index (χ0v) is 10.6. The lowest BCUT2D eigenvalue weighted by atomic mass is 10.2. The van der Waals surface area contributed by atoms with E-state index in [4.69, 9.17) is 5.11 Å². The standard InChI is InChI=1S/C13H17NO2S/c15-13(16)11-4-3-5-12(10-11)17-9-8-14-6-1-2-7-14/h3-5,10H,1-2,6-9H2,(H,15,16). The summed E-state index contributed by atoms with van der Waals surface area (Å²) in [5.74, 6) is 0.176. The van der Waals surface area contributed by atoms with E-state index in [1.165, 1.54) is 25.9 Å². The molecule has 1 aliphatic heterocycles. The highest BCUT2D eigenvalue weighted by atomic mass is 32.2. The van der Waals surface area contributed by atoms with Gasteiger partial charge in [-0.1, -0.05) is 6.07 Å². The first-order chi connectivity index (χ1) is 8.25. The first kappa shape index (κ1) is 12.5. The Morgan fingerprint density at radius 2 is 2.12 bits per heavy atom. The Balaban J connectivity index is 1.81. The fourth-order valence-corrected chi connectivity index (χ4v) is 2.99. The van der Waals surface area contributed by atoms with Crippen LogP contribution in [0.3, 0.4) is 0 Å². The van der Waals surface area contributed by atoms with Gasteiger partial charge in [0.2, 0.25) is 0 Å². The van der Waals surface area contributed by atoms with Gasteiger partial charge in [0, 0.05) is 17.2 Å². The number of benzene rings is 1. The van der Waals surface area contributed by atoms with Gasteiger partial charge in [0.1, 0.15) is 0 Å². The van der Waals surface area contributed by atoms with Gasteiger partial charge < -0.3 is 10.0 Å². The van der Waals surface area contributed by atoms with Crippen molar-refractivity contribution in [3.8, 4) is 0 Å². The number of aromatic carboxylic acids is 1. The van der Waals surface area contributed by atoms with Crippen molar-refractivity contribution in [3.05, 3.63) is 29.8 Å². The van der Waals surface area contributed by atoms with E-state index in [-0.39, 0.29) is 0 Å². The van der Waals surface area contributed by atoms with Gasteiger partial charge in [0.25, 0.3) is 0 Å². The van der Waals surface area contributed by atoms with Gasteiger partial charge in [-0.05, 0) is 44.1 Å². The van der Waals surface area contributed by atoms with Crippen LogP contribution in [0.15, 0.2) is 29.2 Å².